The molecule has 1 heterocycles. The van der Waals surface area contributed by atoms with Gasteiger partial charge in [-0.25, -0.2) is 4.79 Å². The Morgan fingerprint density at radius 3 is 2.62 bits per heavy atom. The highest BCUT2D eigenvalue weighted by Gasteiger charge is 2.22. The molecule has 1 aromatic heterocycles. The zero-order valence-corrected chi connectivity index (χ0v) is 17.0. The average Bonchev–Trinajstić information content (AvgIpc) is 3.13. The van der Waals surface area contributed by atoms with E-state index < -0.39 is 5.97 Å². The summed E-state index contributed by atoms with van der Waals surface area (Å²) in [7, 11) is 0. The number of carbonyl (C=O) groups excluding carboxylic acids is 2. The maximum atomic E-state index is 12.5. The number of nitrogens with one attached hydrogen (secondary N) is 1. The topological polar surface area (TPSA) is 77.8 Å². The number of hydrogen-bond donors (Lipinski definition) is 1. The number of ether oxygens (including phenoxy) is 2. The molecule has 1 N–H and O–H groups in total. The minimum atomic E-state index is -0.676. The summed E-state index contributed by atoms with van der Waals surface area (Å²) < 4.78 is 16.3. The number of fused-ring (bicyclic) bond motifs is 1. The van der Waals surface area contributed by atoms with Crippen LogP contribution < -0.4 is 5.32 Å². The van der Waals surface area contributed by atoms with Crippen molar-refractivity contribution in [1.29, 1.82) is 0 Å². The Morgan fingerprint density at radius 2 is 1.83 bits per heavy atom. The van der Waals surface area contributed by atoms with Gasteiger partial charge in [-0.3, -0.25) is 4.79 Å². The van der Waals surface area contributed by atoms with E-state index >= 15 is 0 Å². The number of amides is 1. The molecule has 7 heteroatoms. The summed E-state index contributed by atoms with van der Waals surface area (Å²) in [5.74, 6) is -0.225. The van der Waals surface area contributed by atoms with E-state index in [0.717, 1.165) is 16.0 Å². The maximum Gasteiger partial charge on any atom is 0.375 e. The van der Waals surface area contributed by atoms with Gasteiger partial charge < -0.3 is 19.2 Å². The van der Waals surface area contributed by atoms with Gasteiger partial charge in [-0.05, 0) is 25.1 Å². The Balaban J connectivity index is 1.50. The number of esters is 1. The fourth-order valence-corrected chi connectivity index (χ4v) is 3.52. The van der Waals surface area contributed by atoms with E-state index in [1.807, 2.05) is 55.5 Å². The number of carbonyl (C=O) groups is 2. The summed E-state index contributed by atoms with van der Waals surface area (Å²) in [4.78, 5) is 25.6. The molecule has 0 saturated heterocycles. The number of rotatable bonds is 10. The Hall–Kier alpha value is -2.77. The van der Waals surface area contributed by atoms with Gasteiger partial charge in [0, 0.05) is 34.7 Å². The molecule has 0 atom stereocenters. The third-order valence-electron chi connectivity index (χ3n) is 4.10. The molecule has 1 amide bonds. The molecule has 0 bridgehead atoms. The lowest BCUT2D eigenvalue weighted by molar-refractivity contribution is -0.124. The van der Waals surface area contributed by atoms with Gasteiger partial charge in [0.2, 0.25) is 5.76 Å². The van der Waals surface area contributed by atoms with Crippen LogP contribution in [-0.4, -0.2) is 37.4 Å². The summed E-state index contributed by atoms with van der Waals surface area (Å²) in [6.07, 6.45) is 0. The van der Waals surface area contributed by atoms with Crippen molar-refractivity contribution in [3.63, 3.8) is 0 Å². The van der Waals surface area contributed by atoms with Crippen LogP contribution in [0.2, 0.25) is 0 Å². The van der Waals surface area contributed by atoms with E-state index in [2.05, 4.69) is 5.32 Å². The molecule has 152 valence electrons. The van der Waals surface area contributed by atoms with Crippen molar-refractivity contribution >= 4 is 34.6 Å². The zero-order valence-electron chi connectivity index (χ0n) is 16.2. The predicted molar refractivity (Wildman–Crippen MR) is 112 cm³/mol. The molecule has 29 heavy (non-hydrogen) atoms. The molecule has 3 rings (SSSR count). The second-order valence-corrected chi connectivity index (χ2v) is 7.30. The molecule has 3 aromatic rings. The van der Waals surface area contributed by atoms with Gasteiger partial charge in [-0.1, -0.05) is 36.4 Å². The molecule has 6 nitrogen and oxygen atoms in total. The summed E-state index contributed by atoms with van der Waals surface area (Å²) >= 11 is 1.64. The number of hydrogen-bond acceptors (Lipinski definition) is 6. The van der Waals surface area contributed by atoms with Gasteiger partial charge in [0.1, 0.15) is 5.58 Å². The second kappa shape index (κ2) is 10.7. The normalized spacial score (nSPS) is 10.8. The third kappa shape index (κ3) is 5.85. The first-order chi connectivity index (χ1) is 14.2. The van der Waals surface area contributed by atoms with Gasteiger partial charge in [0.05, 0.1) is 6.61 Å². The van der Waals surface area contributed by atoms with Crippen molar-refractivity contribution in [2.24, 2.45) is 0 Å². The molecule has 0 radical (unpaired) electrons. The molecule has 2 aromatic carbocycles. The van der Waals surface area contributed by atoms with Crippen LogP contribution in [0.15, 0.2) is 63.9 Å². The molecule has 0 spiro atoms. The quantitative estimate of drug-likeness (QED) is 0.307. The monoisotopic (exact) mass is 413 g/mol. The zero-order chi connectivity index (χ0) is 20.5. The first-order valence-electron chi connectivity index (χ1n) is 9.39. The smallest absolute Gasteiger partial charge is 0.375 e. The molecular weight excluding hydrogens is 390 g/mol. The Kier molecular flexibility index (Phi) is 7.72. The van der Waals surface area contributed by atoms with Crippen LogP contribution in [0.5, 0.6) is 0 Å². The molecule has 0 aliphatic heterocycles. The van der Waals surface area contributed by atoms with Crippen molar-refractivity contribution in [3.8, 4) is 0 Å². The van der Waals surface area contributed by atoms with Crippen LogP contribution in [0.1, 0.15) is 23.0 Å². The highest BCUT2D eigenvalue weighted by molar-refractivity contribution is 7.99. The number of furan rings is 1. The average molecular weight is 413 g/mol. The van der Waals surface area contributed by atoms with Crippen LogP contribution in [0.3, 0.4) is 0 Å². The van der Waals surface area contributed by atoms with Gasteiger partial charge in [-0.2, -0.15) is 0 Å². The molecule has 0 aliphatic carbocycles. The second-order valence-electron chi connectivity index (χ2n) is 6.13. The Morgan fingerprint density at radius 1 is 1.07 bits per heavy atom. The van der Waals surface area contributed by atoms with E-state index in [4.69, 9.17) is 13.9 Å². The predicted octanol–water partition coefficient (Wildman–Crippen LogP) is 4.03. The van der Waals surface area contributed by atoms with Crippen molar-refractivity contribution < 1.29 is 23.5 Å². The molecule has 0 unspecified atom stereocenters. The minimum Gasteiger partial charge on any atom is -0.450 e. The highest BCUT2D eigenvalue weighted by Crippen LogP contribution is 2.27. The number of benzene rings is 2. The summed E-state index contributed by atoms with van der Waals surface area (Å²) in [6.45, 7) is 2.75. The van der Waals surface area contributed by atoms with Crippen LogP contribution in [0, 0.1) is 0 Å². The first kappa shape index (κ1) is 21.0. The first-order valence-corrected chi connectivity index (χ1v) is 10.4. The summed E-state index contributed by atoms with van der Waals surface area (Å²) in [5.41, 5.74) is 1.21. The standard InChI is InChI=1S/C22H23NO5S/c1-2-26-14-18-17-10-6-7-11-19(17)28-21(18)22(25)27-15-20(24)23-12-13-29-16-8-4-3-5-9-16/h3-11H,2,12-15H2,1H3,(H,23,24). The van der Waals surface area contributed by atoms with E-state index in [1.54, 1.807) is 17.8 Å². The summed E-state index contributed by atoms with van der Waals surface area (Å²) in [5, 5.41) is 3.54. The molecular formula is C22H23NO5S. The summed E-state index contributed by atoms with van der Waals surface area (Å²) in [6, 6.07) is 17.3. The lowest BCUT2D eigenvalue weighted by Gasteiger charge is -2.07. The van der Waals surface area contributed by atoms with Gasteiger partial charge in [0.25, 0.3) is 5.91 Å². The Labute approximate surface area is 173 Å². The van der Waals surface area contributed by atoms with E-state index in [9.17, 15) is 9.59 Å². The maximum absolute atomic E-state index is 12.5. The van der Waals surface area contributed by atoms with Crippen LogP contribution in [0.4, 0.5) is 0 Å². The SMILES string of the molecule is CCOCc1c(C(=O)OCC(=O)NCCSc2ccccc2)oc2ccccc12. The van der Waals surface area contributed by atoms with Crippen LogP contribution in [-0.2, 0) is 20.9 Å². The minimum absolute atomic E-state index is 0.0760. The fraction of sp³-hybridized carbons (Fsp3) is 0.273. The molecule has 0 saturated carbocycles. The van der Waals surface area contributed by atoms with Crippen molar-refractivity contribution in [2.45, 2.75) is 18.4 Å². The van der Waals surface area contributed by atoms with Gasteiger partial charge >= 0.3 is 5.97 Å². The van der Waals surface area contributed by atoms with Gasteiger partial charge in [-0.15, -0.1) is 11.8 Å². The van der Waals surface area contributed by atoms with E-state index in [0.29, 0.717) is 24.3 Å². The van der Waals surface area contributed by atoms with Crippen LogP contribution in [0.25, 0.3) is 11.0 Å². The highest BCUT2D eigenvalue weighted by atomic mass is 32.2. The van der Waals surface area contributed by atoms with Crippen molar-refractivity contribution in [3.05, 3.63) is 65.9 Å². The fourth-order valence-electron chi connectivity index (χ4n) is 2.73. The lowest BCUT2D eigenvalue weighted by atomic mass is 10.1. The van der Waals surface area contributed by atoms with Crippen LogP contribution >= 0.6 is 11.8 Å². The van der Waals surface area contributed by atoms with Gasteiger partial charge in [0.15, 0.2) is 6.61 Å². The lowest BCUT2D eigenvalue weighted by Crippen LogP contribution is -2.30. The van der Waals surface area contributed by atoms with Crippen molar-refractivity contribution in [1.82, 2.24) is 5.32 Å². The molecule has 0 fully saturated rings. The van der Waals surface area contributed by atoms with E-state index in [1.165, 1.54) is 0 Å². The van der Waals surface area contributed by atoms with E-state index in [-0.39, 0.29) is 24.9 Å². The third-order valence-corrected chi connectivity index (χ3v) is 5.12. The Bertz CT molecular complexity index is 954. The number of para-hydroxylation sites is 1. The number of thioether (sulfide) groups is 1. The molecule has 0 aliphatic rings. The largest absolute Gasteiger partial charge is 0.450 e. The van der Waals surface area contributed by atoms with Crippen molar-refractivity contribution in [2.75, 3.05) is 25.5 Å².